The van der Waals surface area contributed by atoms with E-state index in [1.165, 1.54) is 26.4 Å². The van der Waals surface area contributed by atoms with E-state index in [1.54, 1.807) is 18.3 Å². The number of aromatic amines is 1. The molecular weight excluding hydrogens is 397 g/mol. The molecule has 7 heteroatoms. The van der Waals surface area contributed by atoms with Gasteiger partial charge in [0, 0.05) is 24.2 Å². The van der Waals surface area contributed by atoms with E-state index < -0.39 is 0 Å². The van der Waals surface area contributed by atoms with E-state index in [0.717, 1.165) is 23.1 Å². The third-order valence-corrected chi connectivity index (χ3v) is 5.12. The Balaban J connectivity index is 1.63. The highest BCUT2D eigenvalue weighted by molar-refractivity contribution is 5.81. The summed E-state index contributed by atoms with van der Waals surface area (Å²) in [5.41, 5.74) is 3.49. The first-order valence-electron chi connectivity index (χ1n) is 9.90. The molecule has 0 radical (unpaired) electrons. The van der Waals surface area contributed by atoms with Crippen molar-refractivity contribution in [2.24, 2.45) is 0 Å². The van der Waals surface area contributed by atoms with Crippen molar-refractivity contribution in [1.82, 2.24) is 15.0 Å². The monoisotopic (exact) mass is 419 g/mol. The first-order chi connectivity index (χ1) is 15.0. The minimum Gasteiger partial charge on any atom is -0.493 e. The van der Waals surface area contributed by atoms with E-state index in [9.17, 15) is 9.18 Å². The average Bonchev–Trinajstić information content (AvgIpc) is 2.78. The van der Waals surface area contributed by atoms with Gasteiger partial charge in [0.2, 0.25) is 0 Å². The zero-order chi connectivity index (χ0) is 22.0. The predicted molar refractivity (Wildman–Crippen MR) is 117 cm³/mol. The van der Waals surface area contributed by atoms with Crippen LogP contribution in [-0.2, 0) is 12.8 Å². The zero-order valence-corrected chi connectivity index (χ0v) is 17.5. The van der Waals surface area contributed by atoms with Crippen LogP contribution >= 0.6 is 0 Å². The summed E-state index contributed by atoms with van der Waals surface area (Å²) in [6, 6.07) is 12.0. The molecule has 31 heavy (non-hydrogen) atoms. The van der Waals surface area contributed by atoms with Gasteiger partial charge >= 0.3 is 0 Å². The van der Waals surface area contributed by atoms with Crippen molar-refractivity contribution in [2.45, 2.75) is 19.8 Å². The van der Waals surface area contributed by atoms with Crippen LogP contribution in [0.1, 0.15) is 23.9 Å². The lowest BCUT2D eigenvalue weighted by molar-refractivity contribution is 0.355. The molecule has 0 fully saturated rings. The van der Waals surface area contributed by atoms with Crippen LogP contribution < -0.4 is 15.0 Å². The largest absolute Gasteiger partial charge is 0.493 e. The van der Waals surface area contributed by atoms with Gasteiger partial charge in [0.25, 0.3) is 5.56 Å². The number of hydrogen-bond acceptors (Lipinski definition) is 5. The fourth-order valence-corrected chi connectivity index (χ4v) is 3.49. The number of rotatable bonds is 6. The maximum atomic E-state index is 13.8. The Labute approximate surface area is 178 Å². The summed E-state index contributed by atoms with van der Waals surface area (Å²) in [5, 5.41) is 0.424. The van der Waals surface area contributed by atoms with Crippen LogP contribution in [0.15, 0.2) is 53.5 Å². The van der Waals surface area contributed by atoms with Crippen molar-refractivity contribution < 1.29 is 13.9 Å². The third kappa shape index (κ3) is 4.26. The molecule has 2 aromatic heterocycles. The first-order valence-corrected chi connectivity index (χ1v) is 9.90. The standard InChI is InChI=1S/C24H22FN3O3/c1-4-14-7-16(10-17(25)8-14)19-6-5-15(13-26-19)9-23-27-20-12-22(31-3)21(30-2)11-18(20)24(29)28-23/h5-8,10-13H,4,9H2,1-3H3,(H,27,28,29). The number of nitrogens with zero attached hydrogens (tertiary/aromatic N) is 2. The lowest BCUT2D eigenvalue weighted by Crippen LogP contribution is -2.12. The second-order valence-electron chi connectivity index (χ2n) is 7.17. The van der Waals surface area contributed by atoms with E-state index in [-0.39, 0.29) is 11.4 Å². The second-order valence-corrected chi connectivity index (χ2v) is 7.17. The van der Waals surface area contributed by atoms with Crippen molar-refractivity contribution in [3.05, 3.63) is 81.8 Å². The highest BCUT2D eigenvalue weighted by atomic mass is 19.1. The molecule has 0 atom stereocenters. The number of pyridine rings is 1. The smallest absolute Gasteiger partial charge is 0.258 e. The molecule has 1 N–H and O–H groups in total. The van der Waals surface area contributed by atoms with Crippen molar-refractivity contribution in [3.8, 4) is 22.8 Å². The zero-order valence-electron chi connectivity index (χ0n) is 17.5. The number of aryl methyl sites for hydroxylation is 1. The minimum atomic E-state index is -0.273. The number of fused-ring (bicyclic) bond motifs is 1. The van der Waals surface area contributed by atoms with Crippen LogP contribution in [0.3, 0.4) is 0 Å². The summed E-state index contributed by atoms with van der Waals surface area (Å²) in [6.45, 7) is 1.98. The molecule has 0 unspecified atom stereocenters. The lowest BCUT2D eigenvalue weighted by atomic mass is 10.0. The van der Waals surface area contributed by atoms with E-state index in [2.05, 4.69) is 15.0 Å². The van der Waals surface area contributed by atoms with Gasteiger partial charge < -0.3 is 14.5 Å². The van der Waals surface area contributed by atoms with Gasteiger partial charge in [-0.25, -0.2) is 9.37 Å². The molecule has 0 aliphatic carbocycles. The van der Waals surface area contributed by atoms with E-state index in [4.69, 9.17) is 9.47 Å². The highest BCUT2D eigenvalue weighted by Crippen LogP contribution is 2.30. The normalized spacial score (nSPS) is 11.0. The molecule has 0 aliphatic heterocycles. The number of aromatic nitrogens is 3. The highest BCUT2D eigenvalue weighted by Gasteiger charge is 2.12. The van der Waals surface area contributed by atoms with Gasteiger partial charge in [-0.05, 0) is 47.9 Å². The molecule has 0 saturated carbocycles. The number of halogens is 1. The quantitative estimate of drug-likeness (QED) is 0.504. The van der Waals surface area contributed by atoms with Gasteiger partial charge in [0.1, 0.15) is 11.6 Å². The molecule has 2 aromatic carbocycles. The second kappa shape index (κ2) is 8.55. The van der Waals surface area contributed by atoms with Crippen LogP contribution in [-0.4, -0.2) is 29.2 Å². The van der Waals surface area contributed by atoms with Gasteiger partial charge in [-0.1, -0.05) is 13.0 Å². The van der Waals surface area contributed by atoms with Crippen LogP contribution in [0.2, 0.25) is 0 Å². The predicted octanol–water partition coefficient (Wildman–Crippen LogP) is 4.29. The van der Waals surface area contributed by atoms with Crippen LogP contribution in [0.25, 0.3) is 22.2 Å². The number of ether oxygens (including phenoxy) is 2. The molecule has 6 nitrogen and oxygen atoms in total. The summed E-state index contributed by atoms with van der Waals surface area (Å²) < 4.78 is 24.4. The molecule has 0 aliphatic rings. The van der Waals surface area contributed by atoms with E-state index in [1.807, 2.05) is 25.1 Å². The average molecular weight is 419 g/mol. The lowest BCUT2D eigenvalue weighted by Gasteiger charge is -2.09. The van der Waals surface area contributed by atoms with Crippen LogP contribution in [0.5, 0.6) is 11.5 Å². The Morgan fingerprint density at radius 3 is 2.45 bits per heavy atom. The first kappa shape index (κ1) is 20.5. The van der Waals surface area contributed by atoms with Crippen molar-refractivity contribution in [3.63, 3.8) is 0 Å². The number of methoxy groups -OCH3 is 2. The Morgan fingerprint density at radius 2 is 1.77 bits per heavy atom. The number of H-pyrrole nitrogens is 1. The van der Waals surface area contributed by atoms with Gasteiger partial charge in [0.15, 0.2) is 11.5 Å². The molecule has 0 saturated heterocycles. The van der Waals surface area contributed by atoms with Crippen molar-refractivity contribution >= 4 is 10.9 Å². The molecule has 0 amide bonds. The molecule has 0 spiro atoms. The number of benzene rings is 2. The van der Waals surface area contributed by atoms with Crippen molar-refractivity contribution in [1.29, 1.82) is 0 Å². The van der Waals surface area contributed by atoms with Gasteiger partial charge in [-0.15, -0.1) is 0 Å². The van der Waals surface area contributed by atoms with E-state index in [0.29, 0.717) is 40.3 Å². The molecule has 2 heterocycles. The summed E-state index contributed by atoms with van der Waals surface area (Å²) in [4.78, 5) is 24.4. The molecular formula is C24H22FN3O3. The number of hydrogen-bond donors (Lipinski definition) is 1. The van der Waals surface area contributed by atoms with Crippen LogP contribution in [0, 0.1) is 5.82 Å². The number of nitrogens with one attached hydrogen (secondary N) is 1. The Morgan fingerprint density at radius 1 is 1.00 bits per heavy atom. The molecule has 4 aromatic rings. The summed E-state index contributed by atoms with van der Waals surface area (Å²) in [6.07, 6.45) is 2.86. The minimum absolute atomic E-state index is 0.252. The molecule has 4 rings (SSSR count). The fraction of sp³-hybridized carbons (Fsp3) is 0.208. The molecule has 158 valence electrons. The van der Waals surface area contributed by atoms with Crippen LogP contribution in [0.4, 0.5) is 4.39 Å². The summed E-state index contributed by atoms with van der Waals surface area (Å²) >= 11 is 0. The van der Waals surface area contributed by atoms with Crippen molar-refractivity contribution in [2.75, 3.05) is 14.2 Å². The van der Waals surface area contributed by atoms with Gasteiger partial charge in [-0.3, -0.25) is 9.78 Å². The molecule has 0 bridgehead atoms. The maximum absolute atomic E-state index is 13.8. The van der Waals surface area contributed by atoms with Gasteiger partial charge in [-0.2, -0.15) is 0 Å². The summed E-state index contributed by atoms with van der Waals surface area (Å²) in [7, 11) is 3.05. The topological polar surface area (TPSA) is 77.1 Å². The Hall–Kier alpha value is -3.74. The van der Waals surface area contributed by atoms with E-state index >= 15 is 0 Å². The Kier molecular flexibility index (Phi) is 5.66. The third-order valence-electron chi connectivity index (χ3n) is 5.12. The summed E-state index contributed by atoms with van der Waals surface area (Å²) in [5.74, 6) is 1.22. The van der Waals surface area contributed by atoms with Gasteiger partial charge in [0.05, 0.1) is 30.8 Å². The Bertz CT molecular complexity index is 1300. The maximum Gasteiger partial charge on any atom is 0.258 e. The fourth-order valence-electron chi connectivity index (χ4n) is 3.49. The SMILES string of the molecule is CCc1cc(F)cc(-c2ccc(Cc3nc4cc(OC)c(OC)cc4c(=O)[nH]3)cn2)c1.